The number of rotatable bonds is 1. The maximum atomic E-state index is 13.0. The Kier molecular flexibility index (Phi) is 2.63. The van der Waals surface area contributed by atoms with Crippen LogP contribution in [0.15, 0.2) is 17.0 Å². The second kappa shape index (κ2) is 3.27. The zero-order chi connectivity index (χ0) is 10.2. The zero-order valence-electron chi connectivity index (χ0n) is 7.14. The third-order valence-electron chi connectivity index (χ3n) is 1.70. The molecule has 1 rings (SSSR count). The molecule has 0 atom stereocenters. The number of halogens is 2. The molecule has 0 spiro atoms. The standard InChI is InChI=1S/C8H8ClFO2S/c1-5-3-7(10)6(2)8(4-5)13(9,11)12/h3-4H,1-2H3. The highest BCUT2D eigenvalue weighted by Crippen LogP contribution is 2.23. The smallest absolute Gasteiger partial charge is 0.207 e. The van der Waals surface area contributed by atoms with Crippen molar-refractivity contribution in [1.29, 1.82) is 0 Å². The molecule has 5 heteroatoms. The molecule has 0 saturated heterocycles. The van der Waals surface area contributed by atoms with E-state index < -0.39 is 14.9 Å². The van der Waals surface area contributed by atoms with Crippen LogP contribution in [-0.4, -0.2) is 8.42 Å². The molecule has 0 aliphatic rings. The van der Waals surface area contributed by atoms with E-state index in [9.17, 15) is 12.8 Å². The first-order valence-corrected chi connectivity index (χ1v) is 5.84. The van der Waals surface area contributed by atoms with E-state index >= 15 is 0 Å². The van der Waals surface area contributed by atoms with Gasteiger partial charge in [0.25, 0.3) is 9.05 Å². The number of benzene rings is 1. The highest BCUT2D eigenvalue weighted by Gasteiger charge is 2.16. The first kappa shape index (κ1) is 10.5. The quantitative estimate of drug-likeness (QED) is 0.684. The molecule has 0 radical (unpaired) electrons. The zero-order valence-corrected chi connectivity index (χ0v) is 8.71. The molecule has 2 nitrogen and oxygen atoms in total. The van der Waals surface area contributed by atoms with E-state index in [4.69, 9.17) is 10.7 Å². The lowest BCUT2D eigenvalue weighted by Crippen LogP contribution is -1.98. The summed E-state index contributed by atoms with van der Waals surface area (Å²) in [6.45, 7) is 2.98. The minimum absolute atomic E-state index is 0.0561. The molecule has 0 aliphatic heterocycles. The lowest BCUT2D eigenvalue weighted by Gasteiger charge is -2.04. The van der Waals surface area contributed by atoms with Crippen LogP contribution >= 0.6 is 10.7 Å². The Morgan fingerprint density at radius 1 is 1.31 bits per heavy atom. The van der Waals surface area contributed by atoms with Crippen molar-refractivity contribution in [2.75, 3.05) is 0 Å². The van der Waals surface area contributed by atoms with Crippen LogP contribution in [-0.2, 0) is 9.05 Å². The predicted octanol–water partition coefficient (Wildman–Crippen LogP) is 2.37. The average molecular weight is 223 g/mol. The summed E-state index contributed by atoms with van der Waals surface area (Å²) >= 11 is 0. The van der Waals surface area contributed by atoms with E-state index in [1.807, 2.05) is 0 Å². The van der Waals surface area contributed by atoms with Gasteiger partial charge in [-0.25, -0.2) is 12.8 Å². The van der Waals surface area contributed by atoms with Crippen molar-refractivity contribution in [3.8, 4) is 0 Å². The topological polar surface area (TPSA) is 34.1 Å². The minimum atomic E-state index is -3.85. The monoisotopic (exact) mass is 222 g/mol. The van der Waals surface area contributed by atoms with Gasteiger partial charge in [0.05, 0.1) is 4.90 Å². The summed E-state index contributed by atoms with van der Waals surface area (Å²) in [5, 5.41) is 0. The SMILES string of the molecule is Cc1cc(F)c(C)c(S(=O)(=O)Cl)c1. The molecule has 0 aliphatic carbocycles. The number of aryl methyl sites for hydroxylation is 1. The average Bonchev–Trinajstić information content (AvgIpc) is 1.94. The van der Waals surface area contributed by atoms with Gasteiger partial charge in [0.2, 0.25) is 0 Å². The van der Waals surface area contributed by atoms with Crippen LogP contribution in [0.2, 0.25) is 0 Å². The van der Waals surface area contributed by atoms with Crippen molar-refractivity contribution in [3.05, 3.63) is 29.1 Å². The van der Waals surface area contributed by atoms with Crippen molar-refractivity contribution in [3.63, 3.8) is 0 Å². The van der Waals surface area contributed by atoms with Crippen molar-refractivity contribution in [1.82, 2.24) is 0 Å². The summed E-state index contributed by atoms with van der Waals surface area (Å²) in [5.41, 5.74) is 0.586. The summed E-state index contributed by atoms with van der Waals surface area (Å²) in [7, 11) is 1.27. The van der Waals surface area contributed by atoms with Crippen LogP contribution in [0.1, 0.15) is 11.1 Å². The Morgan fingerprint density at radius 2 is 1.85 bits per heavy atom. The first-order chi connectivity index (χ1) is 5.82. The number of hydrogen-bond donors (Lipinski definition) is 0. The highest BCUT2D eigenvalue weighted by atomic mass is 35.7. The molecule has 1 aromatic carbocycles. The van der Waals surface area contributed by atoms with Crippen LogP contribution in [0.4, 0.5) is 4.39 Å². The molecule has 0 fully saturated rings. The third kappa shape index (κ3) is 2.19. The van der Waals surface area contributed by atoms with Gasteiger partial charge in [0.15, 0.2) is 0 Å². The van der Waals surface area contributed by atoms with Crippen molar-refractivity contribution in [2.45, 2.75) is 18.7 Å². The molecule has 0 saturated carbocycles. The molecule has 0 amide bonds. The minimum Gasteiger partial charge on any atom is -0.207 e. The summed E-state index contributed by atoms with van der Waals surface area (Å²) < 4.78 is 35.0. The Bertz CT molecular complexity index is 440. The fourth-order valence-electron chi connectivity index (χ4n) is 1.04. The van der Waals surface area contributed by atoms with Crippen LogP contribution in [0.3, 0.4) is 0 Å². The van der Waals surface area contributed by atoms with E-state index in [0.717, 1.165) is 0 Å². The molecular formula is C8H8ClFO2S. The van der Waals surface area contributed by atoms with Crippen molar-refractivity contribution < 1.29 is 12.8 Å². The Hall–Kier alpha value is -0.610. The fraction of sp³-hybridized carbons (Fsp3) is 0.250. The largest absolute Gasteiger partial charge is 0.261 e. The van der Waals surface area contributed by atoms with Crippen molar-refractivity contribution >= 4 is 19.7 Å². The molecule has 0 N–H and O–H groups in total. The third-order valence-corrected chi connectivity index (χ3v) is 3.15. The van der Waals surface area contributed by atoms with Gasteiger partial charge < -0.3 is 0 Å². The van der Waals surface area contributed by atoms with E-state index in [2.05, 4.69) is 0 Å². The number of hydrogen-bond acceptors (Lipinski definition) is 2. The second-order valence-electron chi connectivity index (χ2n) is 2.81. The normalized spacial score (nSPS) is 11.7. The molecule has 1 aromatic rings. The lowest BCUT2D eigenvalue weighted by molar-refractivity contribution is 0.595. The molecule has 0 bridgehead atoms. The lowest BCUT2D eigenvalue weighted by atomic mass is 10.1. The van der Waals surface area contributed by atoms with E-state index in [1.165, 1.54) is 19.1 Å². The van der Waals surface area contributed by atoms with Crippen LogP contribution in [0.5, 0.6) is 0 Å². The Balaban J connectivity index is 3.56. The molecule has 72 valence electrons. The molecular weight excluding hydrogens is 215 g/mol. The van der Waals surface area contributed by atoms with Crippen LogP contribution in [0.25, 0.3) is 0 Å². The van der Waals surface area contributed by atoms with Gasteiger partial charge in [-0.2, -0.15) is 0 Å². The van der Waals surface area contributed by atoms with Gasteiger partial charge in [-0.3, -0.25) is 0 Å². The highest BCUT2D eigenvalue weighted by molar-refractivity contribution is 8.13. The molecule has 0 heterocycles. The van der Waals surface area contributed by atoms with Crippen LogP contribution in [0, 0.1) is 19.7 Å². The van der Waals surface area contributed by atoms with Crippen molar-refractivity contribution in [2.24, 2.45) is 0 Å². The molecule has 13 heavy (non-hydrogen) atoms. The van der Waals surface area contributed by atoms with Gasteiger partial charge in [-0.15, -0.1) is 0 Å². The Labute approximate surface area is 80.8 Å². The fourth-order valence-corrected chi connectivity index (χ4v) is 2.31. The Morgan fingerprint density at radius 3 is 2.31 bits per heavy atom. The van der Waals surface area contributed by atoms with Crippen LogP contribution < -0.4 is 0 Å². The van der Waals surface area contributed by atoms with Gasteiger partial charge in [-0.1, -0.05) is 0 Å². The van der Waals surface area contributed by atoms with Gasteiger partial charge in [-0.05, 0) is 31.5 Å². The maximum Gasteiger partial charge on any atom is 0.261 e. The first-order valence-electron chi connectivity index (χ1n) is 3.54. The summed E-state index contributed by atoms with van der Waals surface area (Å²) in [5.74, 6) is -0.556. The summed E-state index contributed by atoms with van der Waals surface area (Å²) in [4.78, 5) is -0.160. The predicted molar refractivity (Wildman–Crippen MR) is 48.9 cm³/mol. The summed E-state index contributed by atoms with van der Waals surface area (Å²) in [6, 6.07) is 2.61. The maximum absolute atomic E-state index is 13.0. The van der Waals surface area contributed by atoms with E-state index in [1.54, 1.807) is 6.92 Å². The second-order valence-corrected chi connectivity index (χ2v) is 5.34. The van der Waals surface area contributed by atoms with Gasteiger partial charge >= 0.3 is 0 Å². The van der Waals surface area contributed by atoms with Gasteiger partial charge in [0.1, 0.15) is 5.82 Å². The summed E-state index contributed by atoms with van der Waals surface area (Å²) in [6.07, 6.45) is 0. The molecule has 0 unspecified atom stereocenters. The molecule has 0 aromatic heterocycles. The van der Waals surface area contributed by atoms with E-state index in [0.29, 0.717) is 5.56 Å². The van der Waals surface area contributed by atoms with E-state index in [-0.39, 0.29) is 10.5 Å². The van der Waals surface area contributed by atoms with Gasteiger partial charge in [0, 0.05) is 16.2 Å².